The minimum absolute atomic E-state index is 0. The number of hydrogen-bond donors (Lipinski definition) is 1. The lowest BCUT2D eigenvalue weighted by Crippen LogP contribution is -2.57. The number of halogens is 3. The number of benzene rings is 1. The number of nitrogens with one attached hydrogen (secondary N) is 1. The van der Waals surface area contributed by atoms with Crippen LogP contribution in [0.1, 0.15) is 13.8 Å². The van der Waals surface area contributed by atoms with Gasteiger partial charge in [-0.15, -0.1) is 12.4 Å². The van der Waals surface area contributed by atoms with E-state index >= 15 is 0 Å². The molecule has 1 heterocycles. The molecule has 1 aromatic carbocycles. The van der Waals surface area contributed by atoms with Crippen LogP contribution in [0.3, 0.4) is 0 Å². The van der Waals surface area contributed by atoms with Crippen LogP contribution in [0.4, 0.5) is 0 Å². The molecule has 2 unspecified atom stereocenters. The average molecular weight is 404 g/mol. The number of hydrogen-bond acceptors (Lipinski definition) is 3. The van der Waals surface area contributed by atoms with Crippen molar-refractivity contribution in [1.29, 1.82) is 0 Å². The van der Waals surface area contributed by atoms with Gasteiger partial charge in [0.05, 0.1) is 14.4 Å². The molecule has 114 valence electrons. The van der Waals surface area contributed by atoms with E-state index in [4.69, 9.17) is 11.6 Å². The number of rotatable bonds is 2. The van der Waals surface area contributed by atoms with Crippen molar-refractivity contribution in [3.8, 4) is 0 Å². The summed E-state index contributed by atoms with van der Waals surface area (Å²) in [5.74, 6) is 0. The normalized spacial score (nSPS) is 24.2. The molecule has 2 rings (SSSR count). The van der Waals surface area contributed by atoms with E-state index in [1.54, 1.807) is 18.2 Å². The smallest absolute Gasteiger partial charge is 0.244 e. The Bertz CT molecular complexity index is 583. The van der Waals surface area contributed by atoms with Gasteiger partial charge < -0.3 is 5.32 Å². The van der Waals surface area contributed by atoms with E-state index in [0.717, 1.165) is 0 Å². The minimum Gasteiger partial charge on any atom is -0.311 e. The quantitative estimate of drug-likeness (QED) is 0.825. The summed E-state index contributed by atoms with van der Waals surface area (Å²) in [7, 11) is -3.54. The molecule has 1 fully saturated rings. The van der Waals surface area contributed by atoms with Gasteiger partial charge in [0.15, 0.2) is 0 Å². The Morgan fingerprint density at radius 1 is 1.40 bits per heavy atom. The molecule has 20 heavy (non-hydrogen) atoms. The SMILES string of the molecule is CC1NCCN(S(=O)(=O)c2cccc(Cl)c2Br)C1C.Cl. The van der Waals surface area contributed by atoms with Gasteiger partial charge in [0, 0.05) is 25.2 Å². The highest BCUT2D eigenvalue weighted by Crippen LogP contribution is 2.32. The molecule has 1 aromatic rings. The van der Waals surface area contributed by atoms with Crippen LogP contribution in [-0.4, -0.2) is 37.9 Å². The summed E-state index contributed by atoms with van der Waals surface area (Å²) < 4.78 is 27.4. The van der Waals surface area contributed by atoms with Crippen LogP contribution in [0.5, 0.6) is 0 Å². The highest BCUT2D eigenvalue weighted by Gasteiger charge is 2.35. The van der Waals surface area contributed by atoms with Crippen molar-refractivity contribution in [3.05, 3.63) is 27.7 Å². The maximum absolute atomic E-state index is 12.7. The highest BCUT2D eigenvalue weighted by molar-refractivity contribution is 9.10. The summed E-state index contributed by atoms with van der Waals surface area (Å²) in [6.07, 6.45) is 0. The van der Waals surface area contributed by atoms with Crippen molar-refractivity contribution in [2.45, 2.75) is 30.8 Å². The van der Waals surface area contributed by atoms with Crippen molar-refractivity contribution in [2.24, 2.45) is 0 Å². The summed E-state index contributed by atoms with van der Waals surface area (Å²) in [6, 6.07) is 4.92. The van der Waals surface area contributed by atoms with Crippen LogP contribution in [0.25, 0.3) is 0 Å². The van der Waals surface area contributed by atoms with Crippen molar-refractivity contribution >= 4 is 50.0 Å². The largest absolute Gasteiger partial charge is 0.311 e. The predicted molar refractivity (Wildman–Crippen MR) is 87.2 cm³/mol. The van der Waals surface area contributed by atoms with Crippen molar-refractivity contribution in [2.75, 3.05) is 13.1 Å². The predicted octanol–water partition coefficient (Wildman–Crippen LogP) is 2.90. The van der Waals surface area contributed by atoms with Gasteiger partial charge in [-0.25, -0.2) is 8.42 Å². The molecule has 0 spiro atoms. The van der Waals surface area contributed by atoms with Gasteiger partial charge in [-0.1, -0.05) is 17.7 Å². The van der Waals surface area contributed by atoms with Crippen molar-refractivity contribution in [3.63, 3.8) is 0 Å². The zero-order valence-electron chi connectivity index (χ0n) is 11.1. The van der Waals surface area contributed by atoms with Gasteiger partial charge >= 0.3 is 0 Å². The third kappa shape index (κ3) is 3.31. The molecule has 1 saturated heterocycles. The van der Waals surface area contributed by atoms with E-state index in [9.17, 15) is 8.42 Å². The van der Waals surface area contributed by atoms with E-state index in [-0.39, 0.29) is 29.4 Å². The van der Waals surface area contributed by atoms with Crippen LogP contribution < -0.4 is 5.32 Å². The second kappa shape index (κ2) is 6.94. The molecule has 0 amide bonds. The first-order valence-corrected chi connectivity index (χ1v) is 8.66. The molecule has 2 atom stereocenters. The second-order valence-corrected chi connectivity index (χ2v) is 7.71. The average Bonchev–Trinajstić information content (AvgIpc) is 2.35. The zero-order valence-corrected chi connectivity index (χ0v) is 15.1. The third-order valence-electron chi connectivity index (χ3n) is 3.48. The van der Waals surface area contributed by atoms with Crippen LogP contribution in [0.2, 0.25) is 5.02 Å². The zero-order chi connectivity index (χ0) is 14.2. The topological polar surface area (TPSA) is 49.4 Å². The van der Waals surface area contributed by atoms with Gasteiger partial charge in [-0.2, -0.15) is 4.31 Å². The lowest BCUT2D eigenvalue weighted by molar-refractivity contribution is 0.233. The van der Waals surface area contributed by atoms with Gasteiger partial charge in [0.2, 0.25) is 10.0 Å². The molecule has 0 aliphatic carbocycles. The summed E-state index contributed by atoms with van der Waals surface area (Å²) in [5, 5.41) is 3.67. The third-order valence-corrected chi connectivity index (χ3v) is 7.17. The van der Waals surface area contributed by atoms with Crippen molar-refractivity contribution in [1.82, 2.24) is 9.62 Å². The monoisotopic (exact) mass is 402 g/mol. The second-order valence-electron chi connectivity index (χ2n) is 4.65. The standard InChI is InChI=1S/C12H16BrClN2O2S.ClH/c1-8-9(2)16(7-6-15-8)19(17,18)11-5-3-4-10(14)12(11)13;/h3-5,8-9,15H,6-7H2,1-2H3;1H. The van der Waals surface area contributed by atoms with Gasteiger partial charge in [0.25, 0.3) is 0 Å². The Hall–Kier alpha value is 0.150. The number of piperazine rings is 1. The Morgan fingerprint density at radius 2 is 2.05 bits per heavy atom. The molecule has 4 nitrogen and oxygen atoms in total. The maximum atomic E-state index is 12.7. The molecular weight excluding hydrogens is 387 g/mol. The molecule has 0 saturated carbocycles. The fraction of sp³-hybridized carbons (Fsp3) is 0.500. The van der Waals surface area contributed by atoms with Crippen LogP contribution >= 0.6 is 39.9 Å². The number of nitrogens with zero attached hydrogens (tertiary/aromatic N) is 1. The molecule has 0 aromatic heterocycles. The Labute approximate surface area is 139 Å². The Morgan fingerprint density at radius 3 is 2.70 bits per heavy atom. The summed E-state index contributed by atoms with van der Waals surface area (Å²) in [6.45, 7) is 5.02. The van der Waals surface area contributed by atoms with Crippen LogP contribution in [-0.2, 0) is 10.0 Å². The minimum atomic E-state index is -3.54. The summed E-state index contributed by atoms with van der Waals surface area (Å²) in [5.41, 5.74) is 0. The summed E-state index contributed by atoms with van der Waals surface area (Å²) in [4.78, 5) is 0.223. The lowest BCUT2D eigenvalue weighted by atomic mass is 10.1. The molecule has 0 bridgehead atoms. The van der Waals surface area contributed by atoms with E-state index in [0.29, 0.717) is 22.6 Å². The highest BCUT2D eigenvalue weighted by atomic mass is 79.9. The fourth-order valence-electron chi connectivity index (χ4n) is 2.17. The Kier molecular flexibility index (Phi) is 6.32. The molecule has 1 N–H and O–H groups in total. The first kappa shape index (κ1) is 18.2. The fourth-order valence-corrected chi connectivity index (χ4v) is 5.07. The molecular formula is C12H17BrCl2N2O2S. The van der Waals surface area contributed by atoms with Gasteiger partial charge in [-0.3, -0.25) is 0 Å². The van der Waals surface area contributed by atoms with E-state index in [1.165, 1.54) is 4.31 Å². The van der Waals surface area contributed by atoms with Crippen LogP contribution in [0.15, 0.2) is 27.6 Å². The lowest BCUT2D eigenvalue weighted by Gasteiger charge is -2.37. The molecule has 0 radical (unpaired) electrons. The van der Waals surface area contributed by atoms with Gasteiger partial charge in [0.1, 0.15) is 0 Å². The van der Waals surface area contributed by atoms with Crippen molar-refractivity contribution < 1.29 is 8.42 Å². The Balaban J connectivity index is 0.00000200. The first-order chi connectivity index (χ1) is 8.85. The molecule has 1 aliphatic heterocycles. The van der Waals surface area contributed by atoms with Crippen LogP contribution in [0, 0.1) is 0 Å². The van der Waals surface area contributed by atoms with Gasteiger partial charge in [-0.05, 0) is 41.9 Å². The van der Waals surface area contributed by atoms with E-state index in [2.05, 4.69) is 21.2 Å². The summed E-state index contributed by atoms with van der Waals surface area (Å²) >= 11 is 9.25. The van der Waals surface area contributed by atoms with E-state index < -0.39 is 10.0 Å². The maximum Gasteiger partial charge on any atom is 0.244 e. The first-order valence-electron chi connectivity index (χ1n) is 6.05. The van der Waals surface area contributed by atoms with E-state index in [1.807, 2.05) is 13.8 Å². The number of sulfonamides is 1. The molecule has 1 aliphatic rings. The molecule has 8 heteroatoms.